The number of aromatic nitrogens is 2. The zero-order chi connectivity index (χ0) is 15.0. The average Bonchev–Trinajstić information content (AvgIpc) is 3.00. The first-order valence-corrected chi connectivity index (χ1v) is 9.91. The number of nitrogens with one attached hydrogen (secondary N) is 1. The van der Waals surface area contributed by atoms with Crippen molar-refractivity contribution in [2.45, 2.75) is 31.6 Å². The van der Waals surface area contributed by atoms with Crippen LogP contribution in [0.3, 0.4) is 0 Å². The van der Waals surface area contributed by atoms with Crippen molar-refractivity contribution >= 4 is 39.0 Å². The molecule has 1 N–H and O–H groups in total. The van der Waals surface area contributed by atoms with E-state index in [-0.39, 0.29) is 0 Å². The Kier molecular flexibility index (Phi) is 4.78. The summed E-state index contributed by atoms with van der Waals surface area (Å²) in [5.41, 5.74) is 3.86. The Morgan fingerprint density at radius 3 is 2.95 bits per heavy atom. The van der Waals surface area contributed by atoms with Gasteiger partial charge in [-0.05, 0) is 53.7 Å². The summed E-state index contributed by atoms with van der Waals surface area (Å²) < 4.78 is 3.13. The quantitative estimate of drug-likeness (QED) is 0.866. The van der Waals surface area contributed by atoms with Crippen molar-refractivity contribution in [2.75, 3.05) is 12.8 Å². The SMILES string of the molecule is CNC(Cc1c(Br)c(C)nn1C)c1cc2c(s1)CCSC2. The van der Waals surface area contributed by atoms with Gasteiger partial charge in [0.15, 0.2) is 0 Å². The van der Waals surface area contributed by atoms with Crippen LogP contribution in [-0.2, 0) is 25.6 Å². The molecule has 0 saturated carbocycles. The Morgan fingerprint density at radius 1 is 1.52 bits per heavy atom. The first-order chi connectivity index (χ1) is 10.1. The van der Waals surface area contributed by atoms with Crippen LogP contribution in [0, 0.1) is 6.92 Å². The van der Waals surface area contributed by atoms with E-state index >= 15 is 0 Å². The lowest BCUT2D eigenvalue weighted by molar-refractivity contribution is 0.568. The molecule has 3 heterocycles. The van der Waals surface area contributed by atoms with Gasteiger partial charge in [0.2, 0.25) is 0 Å². The molecule has 0 aliphatic carbocycles. The van der Waals surface area contributed by atoms with Crippen LogP contribution in [0.2, 0.25) is 0 Å². The molecule has 0 fully saturated rings. The first-order valence-electron chi connectivity index (χ1n) is 7.14. The van der Waals surface area contributed by atoms with Crippen molar-refractivity contribution in [3.8, 4) is 0 Å². The minimum atomic E-state index is 0.358. The van der Waals surface area contributed by atoms with Crippen molar-refractivity contribution in [2.24, 2.45) is 7.05 Å². The monoisotopic (exact) mass is 385 g/mol. The maximum atomic E-state index is 4.50. The fourth-order valence-electron chi connectivity index (χ4n) is 2.78. The average molecular weight is 386 g/mol. The molecule has 1 aliphatic rings. The molecule has 114 valence electrons. The molecule has 2 aromatic heterocycles. The number of fused-ring (bicyclic) bond motifs is 1. The molecule has 0 amide bonds. The topological polar surface area (TPSA) is 29.9 Å². The van der Waals surface area contributed by atoms with Gasteiger partial charge in [-0.3, -0.25) is 4.68 Å². The van der Waals surface area contributed by atoms with E-state index in [9.17, 15) is 0 Å². The summed E-state index contributed by atoms with van der Waals surface area (Å²) in [5, 5.41) is 7.98. The van der Waals surface area contributed by atoms with E-state index in [2.05, 4.69) is 39.5 Å². The molecule has 2 aromatic rings. The van der Waals surface area contributed by atoms with Crippen LogP contribution in [0.5, 0.6) is 0 Å². The van der Waals surface area contributed by atoms with E-state index in [1.165, 1.54) is 28.5 Å². The van der Waals surface area contributed by atoms with Gasteiger partial charge in [-0.15, -0.1) is 11.3 Å². The fraction of sp³-hybridized carbons (Fsp3) is 0.533. The molecule has 3 nitrogen and oxygen atoms in total. The lowest BCUT2D eigenvalue weighted by atomic mass is 10.1. The second-order valence-corrected chi connectivity index (χ2v) is 8.48. The molecule has 3 rings (SSSR count). The molecule has 1 aliphatic heterocycles. The molecular weight excluding hydrogens is 366 g/mol. The highest BCUT2D eigenvalue weighted by Gasteiger charge is 2.21. The van der Waals surface area contributed by atoms with Crippen molar-refractivity contribution < 1.29 is 0 Å². The lowest BCUT2D eigenvalue weighted by Gasteiger charge is -2.15. The summed E-state index contributed by atoms with van der Waals surface area (Å²) in [6, 6.07) is 2.77. The summed E-state index contributed by atoms with van der Waals surface area (Å²) in [6.07, 6.45) is 2.19. The standard InChI is InChI=1S/C15H20BrN3S2/c1-9-15(16)12(19(3)18-9)7-11(17-2)14-6-10-8-20-5-4-13(10)21-14/h6,11,17H,4-5,7-8H2,1-3H3. The third-order valence-corrected chi connectivity index (χ3v) is 7.39. The molecule has 0 spiro atoms. The van der Waals surface area contributed by atoms with Gasteiger partial charge in [0, 0.05) is 35.0 Å². The van der Waals surface area contributed by atoms with E-state index in [0.717, 1.165) is 16.6 Å². The predicted molar refractivity (Wildman–Crippen MR) is 95.3 cm³/mol. The van der Waals surface area contributed by atoms with Gasteiger partial charge in [-0.2, -0.15) is 16.9 Å². The Bertz CT molecular complexity index is 624. The summed E-state index contributed by atoms with van der Waals surface area (Å²) in [4.78, 5) is 3.04. The Balaban J connectivity index is 1.86. The van der Waals surface area contributed by atoms with Crippen LogP contribution in [0.15, 0.2) is 10.5 Å². The first kappa shape index (κ1) is 15.6. The number of likely N-dealkylation sites (N-methyl/N-ethyl adjacent to an activating group) is 1. The number of hydrogen-bond donors (Lipinski definition) is 1. The van der Waals surface area contributed by atoms with Crippen LogP contribution in [0.4, 0.5) is 0 Å². The molecule has 0 saturated heterocycles. The largest absolute Gasteiger partial charge is 0.312 e. The fourth-order valence-corrected chi connectivity index (χ4v) is 5.77. The maximum absolute atomic E-state index is 4.50. The summed E-state index contributed by atoms with van der Waals surface area (Å²) >= 11 is 7.71. The number of halogens is 1. The van der Waals surface area contributed by atoms with E-state index in [1.807, 2.05) is 41.8 Å². The predicted octanol–water partition coefficient (Wildman–Crippen LogP) is 3.85. The van der Waals surface area contributed by atoms with Gasteiger partial charge in [0.25, 0.3) is 0 Å². The number of thiophene rings is 1. The highest BCUT2D eigenvalue weighted by atomic mass is 79.9. The van der Waals surface area contributed by atoms with Gasteiger partial charge in [0.05, 0.1) is 15.9 Å². The maximum Gasteiger partial charge on any atom is 0.0738 e. The smallest absolute Gasteiger partial charge is 0.0738 e. The minimum Gasteiger partial charge on any atom is -0.312 e. The molecule has 0 bridgehead atoms. The zero-order valence-corrected chi connectivity index (χ0v) is 15.8. The second kappa shape index (κ2) is 6.44. The summed E-state index contributed by atoms with van der Waals surface area (Å²) in [5.74, 6) is 2.44. The third kappa shape index (κ3) is 3.09. The van der Waals surface area contributed by atoms with Gasteiger partial charge in [-0.25, -0.2) is 0 Å². The van der Waals surface area contributed by atoms with Crippen LogP contribution in [-0.4, -0.2) is 22.6 Å². The molecule has 1 atom stereocenters. The van der Waals surface area contributed by atoms with Crippen LogP contribution >= 0.6 is 39.0 Å². The van der Waals surface area contributed by atoms with Crippen molar-refractivity contribution in [3.63, 3.8) is 0 Å². The van der Waals surface area contributed by atoms with Crippen LogP contribution < -0.4 is 5.32 Å². The number of nitrogens with zero attached hydrogens (tertiary/aromatic N) is 2. The van der Waals surface area contributed by atoms with E-state index in [4.69, 9.17) is 0 Å². The molecule has 21 heavy (non-hydrogen) atoms. The minimum absolute atomic E-state index is 0.358. The molecular formula is C15H20BrN3S2. The Hall–Kier alpha value is -0.300. The number of thioether (sulfide) groups is 1. The van der Waals surface area contributed by atoms with E-state index in [0.29, 0.717) is 6.04 Å². The number of rotatable bonds is 4. The third-order valence-electron chi connectivity index (χ3n) is 4.00. The molecule has 6 heteroatoms. The number of hydrogen-bond acceptors (Lipinski definition) is 4. The Morgan fingerprint density at radius 2 is 2.33 bits per heavy atom. The molecule has 1 unspecified atom stereocenters. The van der Waals surface area contributed by atoms with Gasteiger partial charge < -0.3 is 5.32 Å². The van der Waals surface area contributed by atoms with Crippen LogP contribution in [0.25, 0.3) is 0 Å². The number of aryl methyl sites for hydroxylation is 3. The zero-order valence-electron chi connectivity index (χ0n) is 12.6. The van der Waals surface area contributed by atoms with Gasteiger partial charge in [-0.1, -0.05) is 0 Å². The normalized spacial score (nSPS) is 16.0. The van der Waals surface area contributed by atoms with Gasteiger partial charge in [0.1, 0.15) is 0 Å². The van der Waals surface area contributed by atoms with Crippen molar-refractivity contribution in [1.82, 2.24) is 15.1 Å². The highest BCUT2D eigenvalue weighted by molar-refractivity contribution is 9.10. The summed E-state index contributed by atoms with van der Waals surface area (Å²) in [7, 11) is 4.07. The lowest BCUT2D eigenvalue weighted by Crippen LogP contribution is -2.19. The molecule has 0 radical (unpaired) electrons. The van der Waals surface area contributed by atoms with Crippen molar-refractivity contribution in [3.05, 3.63) is 37.2 Å². The highest BCUT2D eigenvalue weighted by Crippen LogP contribution is 2.36. The second-order valence-electron chi connectivity index (χ2n) is 5.41. The Labute approximate surface area is 142 Å². The van der Waals surface area contributed by atoms with E-state index < -0.39 is 0 Å². The molecule has 0 aromatic carbocycles. The van der Waals surface area contributed by atoms with E-state index in [1.54, 1.807) is 10.4 Å². The summed E-state index contributed by atoms with van der Waals surface area (Å²) in [6.45, 7) is 2.04. The van der Waals surface area contributed by atoms with Crippen LogP contribution in [0.1, 0.15) is 32.7 Å². The van der Waals surface area contributed by atoms with Gasteiger partial charge >= 0.3 is 0 Å². The van der Waals surface area contributed by atoms with Crippen molar-refractivity contribution in [1.29, 1.82) is 0 Å².